The minimum atomic E-state index is -4.94. The molecule has 0 bridgehead atoms. The summed E-state index contributed by atoms with van der Waals surface area (Å²) in [4.78, 5) is 12.3. The maximum Gasteiger partial charge on any atom is 0.436 e. The molecule has 2 rings (SSSR count). The van der Waals surface area contributed by atoms with Crippen LogP contribution in [-0.2, 0) is 13.2 Å². The SMILES string of the molecule is CCCCC=Cc1ccccc1NC(=O)c1c(C(F)(F)F)nn(C)c1F. The zero-order valence-corrected chi connectivity index (χ0v) is 14.4. The predicted octanol–water partition coefficient (Wildman–Crippen LogP) is 5.03. The van der Waals surface area contributed by atoms with Crippen LogP contribution in [0.1, 0.15) is 47.8 Å². The van der Waals surface area contributed by atoms with Gasteiger partial charge in [0.15, 0.2) is 5.69 Å². The number of hydrogen-bond acceptors (Lipinski definition) is 2. The summed E-state index contributed by atoms with van der Waals surface area (Å²) in [6.07, 6.45) is 1.63. The summed E-state index contributed by atoms with van der Waals surface area (Å²) in [7, 11) is 1.01. The molecule has 0 aliphatic carbocycles. The van der Waals surface area contributed by atoms with Gasteiger partial charge in [0.25, 0.3) is 5.91 Å². The van der Waals surface area contributed by atoms with E-state index in [0.717, 1.165) is 26.3 Å². The van der Waals surface area contributed by atoms with Crippen LogP contribution in [0.2, 0.25) is 0 Å². The molecule has 8 heteroatoms. The molecule has 0 spiro atoms. The lowest BCUT2D eigenvalue weighted by molar-refractivity contribution is -0.141. The molecule has 0 saturated heterocycles. The number of alkyl halides is 3. The van der Waals surface area contributed by atoms with Crippen molar-refractivity contribution in [3.05, 3.63) is 53.1 Å². The fourth-order valence-corrected chi connectivity index (χ4v) is 2.38. The van der Waals surface area contributed by atoms with E-state index in [1.165, 1.54) is 0 Å². The lowest BCUT2D eigenvalue weighted by atomic mass is 10.1. The van der Waals surface area contributed by atoms with Gasteiger partial charge in [0.05, 0.1) is 0 Å². The molecule has 4 nitrogen and oxygen atoms in total. The summed E-state index contributed by atoms with van der Waals surface area (Å²) >= 11 is 0. The van der Waals surface area contributed by atoms with Gasteiger partial charge in [0, 0.05) is 12.7 Å². The zero-order valence-electron chi connectivity index (χ0n) is 14.4. The van der Waals surface area contributed by atoms with Crippen LogP contribution in [0.4, 0.5) is 23.2 Å². The number of nitrogens with zero attached hydrogens (tertiary/aromatic N) is 2. The van der Waals surface area contributed by atoms with E-state index in [0.29, 0.717) is 15.9 Å². The normalized spacial score (nSPS) is 11.9. The van der Waals surface area contributed by atoms with Crippen molar-refractivity contribution < 1.29 is 22.4 Å². The van der Waals surface area contributed by atoms with Crippen molar-refractivity contribution in [3.8, 4) is 0 Å². The Balaban J connectivity index is 2.31. The first-order valence-corrected chi connectivity index (χ1v) is 8.12. The lowest BCUT2D eigenvalue weighted by Gasteiger charge is -2.10. The van der Waals surface area contributed by atoms with E-state index in [9.17, 15) is 22.4 Å². The van der Waals surface area contributed by atoms with Crippen LogP contribution in [0.25, 0.3) is 6.08 Å². The first kappa shape index (κ1) is 19.7. The van der Waals surface area contributed by atoms with Gasteiger partial charge in [0.1, 0.15) is 5.56 Å². The largest absolute Gasteiger partial charge is 0.436 e. The average Bonchev–Trinajstić information content (AvgIpc) is 2.88. The fraction of sp³-hybridized carbons (Fsp3) is 0.333. The van der Waals surface area contributed by atoms with Crippen molar-refractivity contribution in [1.29, 1.82) is 0 Å². The summed E-state index contributed by atoms with van der Waals surface area (Å²) in [5, 5.41) is 5.43. The van der Waals surface area contributed by atoms with Crippen LogP contribution < -0.4 is 5.32 Å². The Hall–Kier alpha value is -2.64. The monoisotopic (exact) mass is 369 g/mol. The minimum Gasteiger partial charge on any atom is -0.321 e. The third-order valence-corrected chi connectivity index (χ3v) is 3.70. The van der Waals surface area contributed by atoms with Crippen molar-refractivity contribution in [1.82, 2.24) is 9.78 Å². The van der Waals surface area contributed by atoms with Crippen LogP contribution in [0.3, 0.4) is 0 Å². The Morgan fingerprint density at radius 2 is 2.00 bits per heavy atom. The highest BCUT2D eigenvalue weighted by Crippen LogP contribution is 2.32. The summed E-state index contributed by atoms with van der Waals surface area (Å²) < 4.78 is 53.5. The number of aryl methyl sites for hydroxylation is 1. The maximum atomic E-state index is 14.0. The molecule has 0 fully saturated rings. The number of unbranched alkanes of at least 4 members (excludes halogenated alkanes) is 2. The number of nitrogens with one attached hydrogen (secondary N) is 1. The van der Waals surface area contributed by atoms with E-state index in [-0.39, 0.29) is 0 Å². The summed E-state index contributed by atoms with van der Waals surface area (Å²) in [6.45, 7) is 2.06. The second kappa shape index (κ2) is 8.16. The third kappa shape index (κ3) is 4.50. The van der Waals surface area contributed by atoms with Crippen molar-refractivity contribution >= 4 is 17.7 Å². The Bertz CT molecular complexity index is 809. The van der Waals surface area contributed by atoms with E-state index in [1.807, 2.05) is 6.08 Å². The molecule has 0 aliphatic heterocycles. The molecule has 0 radical (unpaired) electrons. The molecular formula is C18H19F4N3O. The van der Waals surface area contributed by atoms with E-state index >= 15 is 0 Å². The number of benzene rings is 1. The molecule has 1 N–H and O–H groups in total. The highest BCUT2D eigenvalue weighted by molar-refractivity contribution is 6.06. The number of rotatable bonds is 6. The standard InChI is InChI=1S/C18H19F4N3O/c1-3-4-5-6-9-12-10-7-8-11-13(12)23-17(26)14-15(18(20,21)22)24-25(2)16(14)19/h6-11H,3-5H2,1-2H3,(H,23,26). The van der Waals surface area contributed by atoms with Gasteiger partial charge >= 0.3 is 6.18 Å². The van der Waals surface area contributed by atoms with Crippen LogP contribution in [0, 0.1) is 5.95 Å². The maximum absolute atomic E-state index is 14.0. The molecule has 1 aromatic carbocycles. The Labute approximate surface area is 148 Å². The van der Waals surface area contributed by atoms with Gasteiger partial charge in [-0.2, -0.15) is 22.7 Å². The van der Waals surface area contributed by atoms with Gasteiger partial charge in [-0.15, -0.1) is 0 Å². The number of carbonyl (C=O) groups is 1. The number of allylic oxidation sites excluding steroid dienone is 1. The van der Waals surface area contributed by atoms with Crippen molar-refractivity contribution in [2.75, 3.05) is 5.32 Å². The number of amides is 1. The van der Waals surface area contributed by atoms with Crippen LogP contribution >= 0.6 is 0 Å². The number of carbonyl (C=O) groups excluding carboxylic acids is 1. The third-order valence-electron chi connectivity index (χ3n) is 3.70. The van der Waals surface area contributed by atoms with E-state index < -0.39 is 29.3 Å². The van der Waals surface area contributed by atoms with E-state index in [4.69, 9.17) is 0 Å². The molecule has 0 unspecified atom stereocenters. The van der Waals surface area contributed by atoms with Crippen LogP contribution in [0.5, 0.6) is 0 Å². The van der Waals surface area contributed by atoms with Crippen molar-refractivity contribution in [3.63, 3.8) is 0 Å². The number of anilines is 1. The highest BCUT2D eigenvalue weighted by atomic mass is 19.4. The molecular weight excluding hydrogens is 350 g/mol. The first-order valence-electron chi connectivity index (χ1n) is 8.12. The van der Waals surface area contributed by atoms with Gasteiger partial charge in [-0.25, -0.2) is 4.68 Å². The Morgan fingerprint density at radius 3 is 2.65 bits per heavy atom. The number of hydrogen-bond donors (Lipinski definition) is 1. The number of para-hydroxylation sites is 1. The smallest absolute Gasteiger partial charge is 0.321 e. The van der Waals surface area contributed by atoms with Crippen LogP contribution in [0.15, 0.2) is 30.3 Å². The molecule has 140 valence electrons. The Kier molecular flexibility index (Phi) is 6.18. The van der Waals surface area contributed by atoms with Gasteiger partial charge < -0.3 is 5.32 Å². The molecule has 0 atom stereocenters. The molecule has 0 aliphatic rings. The van der Waals surface area contributed by atoms with Crippen molar-refractivity contribution in [2.45, 2.75) is 32.4 Å². The predicted molar refractivity (Wildman–Crippen MR) is 91.1 cm³/mol. The highest BCUT2D eigenvalue weighted by Gasteiger charge is 2.41. The van der Waals surface area contributed by atoms with Gasteiger partial charge in [-0.1, -0.05) is 50.1 Å². The number of halogens is 4. The molecule has 26 heavy (non-hydrogen) atoms. The summed E-state index contributed by atoms with van der Waals surface area (Å²) in [5.74, 6) is -2.54. The average molecular weight is 369 g/mol. The summed E-state index contributed by atoms with van der Waals surface area (Å²) in [5.41, 5.74) is -1.76. The minimum absolute atomic E-state index is 0.293. The van der Waals surface area contributed by atoms with Crippen molar-refractivity contribution in [2.24, 2.45) is 7.05 Å². The van der Waals surface area contributed by atoms with Gasteiger partial charge in [-0.3, -0.25) is 4.79 Å². The van der Waals surface area contributed by atoms with Gasteiger partial charge in [-0.05, 0) is 18.1 Å². The molecule has 1 heterocycles. The number of aromatic nitrogens is 2. The zero-order chi connectivity index (χ0) is 19.3. The summed E-state index contributed by atoms with van der Waals surface area (Å²) in [6, 6.07) is 6.62. The quantitative estimate of drug-likeness (QED) is 0.573. The second-order valence-corrected chi connectivity index (χ2v) is 5.72. The van der Waals surface area contributed by atoms with Crippen LogP contribution in [-0.4, -0.2) is 15.7 Å². The molecule has 0 saturated carbocycles. The van der Waals surface area contributed by atoms with E-state index in [2.05, 4.69) is 17.3 Å². The lowest BCUT2D eigenvalue weighted by Crippen LogP contribution is -2.19. The molecule has 2 aromatic rings. The second-order valence-electron chi connectivity index (χ2n) is 5.72. The topological polar surface area (TPSA) is 46.9 Å². The van der Waals surface area contributed by atoms with E-state index in [1.54, 1.807) is 30.3 Å². The fourth-order valence-electron chi connectivity index (χ4n) is 2.38. The molecule has 1 aromatic heterocycles. The first-order chi connectivity index (χ1) is 12.3. The van der Waals surface area contributed by atoms with Gasteiger partial charge in [0.2, 0.25) is 5.95 Å². The Morgan fingerprint density at radius 1 is 1.31 bits per heavy atom. The molecule has 1 amide bonds.